The van der Waals surface area contributed by atoms with Crippen molar-refractivity contribution in [3.05, 3.63) is 52.0 Å². The van der Waals surface area contributed by atoms with Crippen molar-refractivity contribution in [2.45, 2.75) is 12.7 Å². The highest BCUT2D eigenvalue weighted by Gasteiger charge is 2.37. The fraction of sp³-hybridized carbons (Fsp3) is 0.273. The first-order valence-electron chi connectivity index (χ1n) is 5.23. The Morgan fingerprint density at radius 2 is 2.00 bits per heavy atom. The summed E-state index contributed by atoms with van der Waals surface area (Å²) in [6, 6.07) is 1.91. The van der Waals surface area contributed by atoms with Crippen LogP contribution in [0.2, 0.25) is 0 Å². The molecule has 2 heterocycles. The Balaban J connectivity index is 2.45. The van der Waals surface area contributed by atoms with Gasteiger partial charge in [-0.05, 0) is 6.07 Å². The number of aromatic nitrogens is 3. The molecule has 2 rings (SSSR count). The predicted molar refractivity (Wildman–Crippen MR) is 58.0 cm³/mol. The van der Waals surface area contributed by atoms with Gasteiger partial charge >= 0.3 is 6.18 Å². The van der Waals surface area contributed by atoms with Gasteiger partial charge in [0.15, 0.2) is 0 Å². The predicted octanol–water partition coefficient (Wildman–Crippen LogP) is 1.79. The molecule has 0 amide bonds. The fourth-order valence-electron chi connectivity index (χ4n) is 1.77. The summed E-state index contributed by atoms with van der Waals surface area (Å²) in [5.41, 5.74) is -1.73. The minimum absolute atomic E-state index is 0.192. The summed E-state index contributed by atoms with van der Waals surface area (Å²) in [7, 11) is 1.15. The third-order valence-corrected chi connectivity index (χ3v) is 2.57. The SMILES string of the molecule is Cn1ncc(Cn2cc(F)ccc2=O)c1C(F)(F)F. The van der Waals surface area contributed by atoms with E-state index in [0.29, 0.717) is 4.68 Å². The van der Waals surface area contributed by atoms with Gasteiger partial charge in [0.2, 0.25) is 0 Å². The standard InChI is InChI=1S/C11H9F4N3O/c1-17-10(11(13,14)15)7(4-16-17)5-18-6-8(12)2-3-9(18)19/h2-4,6H,5H2,1H3. The van der Waals surface area contributed by atoms with Gasteiger partial charge in [0.05, 0.1) is 12.7 Å². The van der Waals surface area contributed by atoms with Crippen LogP contribution >= 0.6 is 0 Å². The zero-order valence-corrected chi connectivity index (χ0v) is 9.78. The van der Waals surface area contributed by atoms with Crippen LogP contribution in [0.25, 0.3) is 0 Å². The minimum atomic E-state index is -4.59. The van der Waals surface area contributed by atoms with E-state index in [1.54, 1.807) is 0 Å². The zero-order chi connectivity index (χ0) is 14.2. The summed E-state index contributed by atoms with van der Waals surface area (Å²) in [5, 5.41) is 3.52. The number of rotatable bonds is 2. The first-order valence-corrected chi connectivity index (χ1v) is 5.23. The van der Waals surface area contributed by atoms with Crippen molar-refractivity contribution < 1.29 is 17.6 Å². The molecule has 102 valence electrons. The molecule has 0 aliphatic carbocycles. The van der Waals surface area contributed by atoms with E-state index in [9.17, 15) is 22.4 Å². The lowest BCUT2D eigenvalue weighted by Crippen LogP contribution is -2.22. The lowest BCUT2D eigenvalue weighted by molar-refractivity contribution is -0.144. The van der Waals surface area contributed by atoms with E-state index in [4.69, 9.17) is 0 Å². The van der Waals surface area contributed by atoms with E-state index in [1.807, 2.05) is 0 Å². The highest BCUT2D eigenvalue weighted by Crippen LogP contribution is 2.31. The second-order valence-electron chi connectivity index (χ2n) is 3.95. The molecule has 0 N–H and O–H groups in total. The molecular formula is C11H9F4N3O. The maximum absolute atomic E-state index is 13.0. The molecule has 0 unspecified atom stereocenters. The second-order valence-corrected chi connectivity index (χ2v) is 3.95. The van der Waals surface area contributed by atoms with Gasteiger partial charge in [-0.15, -0.1) is 0 Å². The summed E-state index contributed by atoms with van der Waals surface area (Å²) < 4.78 is 52.9. The number of hydrogen-bond acceptors (Lipinski definition) is 2. The highest BCUT2D eigenvalue weighted by atomic mass is 19.4. The molecule has 0 saturated carbocycles. The average Bonchev–Trinajstić information content (AvgIpc) is 2.64. The van der Waals surface area contributed by atoms with Gasteiger partial charge in [0.25, 0.3) is 5.56 Å². The Morgan fingerprint density at radius 1 is 1.32 bits per heavy atom. The Hall–Kier alpha value is -2.12. The van der Waals surface area contributed by atoms with E-state index in [1.165, 1.54) is 0 Å². The van der Waals surface area contributed by atoms with Crippen molar-refractivity contribution in [3.63, 3.8) is 0 Å². The molecular weight excluding hydrogens is 266 g/mol. The monoisotopic (exact) mass is 275 g/mol. The van der Waals surface area contributed by atoms with E-state index in [2.05, 4.69) is 5.10 Å². The molecule has 0 aliphatic heterocycles. The molecule has 0 aromatic carbocycles. The van der Waals surface area contributed by atoms with E-state index < -0.39 is 23.2 Å². The topological polar surface area (TPSA) is 39.8 Å². The average molecular weight is 275 g/mol. The highest BCUT2D eigenvalue weighted by molar-refractivity contribution is 5.21. The molecule has 0 bridgehead atoms. The van der Waals surface area contributed by atoms with Crippen LogP contribution in [0.15, 0.2) is 29.3 Å². The van der Waals surface area contributed by atoms with Gasteiger partial charge in [0, 0.05) is 24.9 Å². The third-order valence-electron chi connectivity index (χ3n) is 2.57. The molecule has 0 radical (unpaired) electrons. The van der Waals surface area contributed by atoms with Gasteiger partial charge in [-0.25, -0.2) is 4.39 Å². The maximum Gasteiger partial charge on any atom is 0.433 e. The summed E-state index contributed by atoms with van der Waals surface area (Å²) in [5.74, 6) is -0.697. The number of halogens is 4. The van der Waals surface area contributed by atoms with Crippen molar-refractivity contribution in [1.82, 2.24) is 14.3 Å². The first kappa shape index (κ1) is 13.3. The Kier molecular flexibility index (Phi) is 3.17. The third kappa shape index (κ3) is 2.67. The summed E-state index contributed by atoms with van der Waals surface area (Å²) >= 11 is 0. The van der Waals surface area contributed by atoms with Gasteiger partial charge in [-0.3, -0.25) is 9.48 Å². The maximum atomic E-state index is 13.0. The Bertz CT molecular complexity index is 657. The van der Waals surface area contributed by atoms with Crippen LogP contribution in [0.1, 0.15) is 11.3 Å². The number of nitrogens with zero attached hydrogens (tertiary/aromatic N) is 3. The molecule has 0 saturated heterocycles. The zero-order valence-electron chi connectivity index (χ0n) is 9.78. The second kappa shape index (κ2) is 4.52. The van der Waals surface area contributed by atoms with Gasteiger partial charge in [-0.2, -0.15) is 18.3 Å². The fourth-order valence-corrected chi connectivity index (χ4v) is 1.77. The van der Waals surface area contributed by atoms with E-state index in [0.717, 1.165) is 36.1 Å². The van der Waals surface area contributed by atoms with Crippen molar-refractivity contribution in [3.8, 4) is 0 Å². The summed E-state index contributed by atoms with van der Waals surface area (Å²) in [6.45, 7) is -0.390. The lowest BCUT2D eigenvalue weighted by Gasteiger charge is -2.11. The van der Waals surface area contributed by atoms with E-state index in [-0.39, 0.29) is 12.1 Å². The molecule has 0 fully saturated rings. The molecule has 2 aromatic heterocycles. The molecule has 19 heavy (non-hydrogen) atoms. The molecule has 8 heteroatoms. The number of aryl methyl sites for hydroxylation is 1. The summed E-state index contributed by atoms with van der Waals surface area (Å²) in [4.78, 5) is 11.4. The van der Waals surface area contributed by atoms with Crippen LogP contribution in [0, 0.1) is 5.82 Å². The number of pyridine rings is 1. The molecule has 0 atom stereocenters. The number of alkyl halides is 3. The normalized spacial score (nSPS) is 11.8. The quantitative estimate of drug-likeness (QED) is 0.784. The first-order chi connectivity index (χ1) is 8.79. The van der Waals surface area contributed by atoms with Crippen LogP contribution in [0.3, 0.4) is 0 Å². The van der Waals surface area contributed by atoms with E-state index >= 15 is 0 Å². The Morgan fingerprint density at radius 3 is 2.63 bits per heavy atom. The van der Waals surface area contributed by atoms with Crippen molar-refractivity contribution in [1.29, 1.82) is 0 Å². The molecule has 0 spiro atoms. The smallest absolute Gasteiger partial charge is 0.308 e. The van der Waals surface area contributed by atoms with Gasteiger partial charge < -0.3 is 4.57 Å². The van der Waals surface area contributed by atoms with Crippen LogP contribution in [-0.2, 0) is 19.8 Å². The molecule has 2 aromatic rings. The van der Waals surface area contributed by atoms with Crippen molar-refractivity contribution in [2.24, 2.45) is 7.05 Å². The largest absolute Gasteiger partial charge is 0.433 e. The van der Waals surface area contributed by atoms with Gasteiger partial charge in [-0.1, -0.05) is 0 Å². The van der Waals surface area contributed by atoms with Crippen LogP contribution in [-0.4, -0.2) is 14.3 Å². The Labute approximate surface area is 104 Å². The van der Waals surface area contributed by atoms with Crippen molar-refractivity contribution >= 4 is 0 Å². The summed E-state index contributed by atoms with van der Waals surface area (Å²) in [6.07, 6.45) is -2.72. The molecule has 4 nitrogen and oxygen atoms in total. The van der Waals surface area contributed by atoms with Crippen LogP contribution < -0.4 is 5.56 Å². The van der Waals surface area contributed by atoms with Crippen LogP contribution in [0.4, 0.5) is 17.6 Å². The minimum Gasteiger partial charge on any atom is -0.308 e. The van der Waals surface area contributed by atoms with Gasteiger partial charge in [0.1, 0.15) is 11.5 Å². The van der Waals surface area contributed by atoms with Crippen LogP contribution in [0.5, 0.6) is 0 Å². The lowest BCUT2D eigenvalue weighted by atomic mass is 10.2. The molecule has 0 aliphatic rings. The van der Waals surface area contributed by atoms with Crippen molar-refractivity contribution in [2.75, 3.05) is 0 Å². The number of hydrogen-bond donors (Lipinski definition) is 0.